The lowest BCUT2D eigenvalue weighted by atomic mass is 10.0. The number of hydrogen-bond acceptors (Lipinski definition) is 6. The largest absolute Gasteiger partial charge is 0.461 e. The molecule has 1 saturated carbocycles. The van der Waals surface area contributed by atoms with Crippen LogP contribution in [0.1, 0.15) is 67.4 Å². The van der Waals surface area contributed by atoms with Gasteiger partial charge in [0, 0.05) is 11.4 Å². The van der Waals surface area contributed by atoms with E-state index in [1.807, 2.05) is 37.3 Å². The van der Waals surface area contributed by atoms with Crippen molar-refractivity contribution in [2.24, 2.45) is 17.4 Å². The number of hydrogen-bond donors (Lipinski definition) is 4. The van der Waals surface area contributed by atoms with Crippen LogP contribution in [0.25, 0.3) is 16.5 Å². The molecule has 36 heavy (non-hydrogen) atoms. The second-order valence-electron chi connectivity index (χ2n) is 9.61. The van der Waals surface area contributed by atoms with Crippen molar-refractivity contribution < 1.29 is 19.1 Å². The Kier molecular flexibility index (Phi) is 9.66. The number of primary amides is 2. The molecule has 1 heterocycles. The summed E-state index contributed by atoms with van der Waals surface area (Å²) in [5.41, 5.74) is 13.9. The first kappa shape index (κ1) is 27.4. The first-order valence-corrected chi connectivity index (χ1v) is 13.2. The number of benzene rings is 1. The van der Waals surface area contributed by atoms with Crippen molar-refractivity contribution in [1.29, 1.82) is 0 Å². The molecule has 0 radical (unpaired) electrons. The third kappa shape index (κ3) is 7.66. The Labute approximate surface area is 216 Å². The fraction of sp³-hybridized carbons (Fsp3) is 0.444. The minimum Gasteiger partial charge on any atom is -0.461 e. The molecule has 9 heteroatoms. The predicted molar refractivity (Wildman–Crippen MR) is 145 cm³/mol. The van der Waals surface area contributed by atoms with Crippen LogP contribution in [-0.4, -0.2) is 36.6 Å². The molecule has 0 aliphatic heterocycles. The van der Waals surface area contributed by atoms with Crippen LogP contribution < -0.4 is 22.1 Å². The normalized spacial score (nSPS) is 14.9. The molecule has 8 nitrogen and oxygen atoms in total. The second kappa shape index (κ2) is 12.7. The number of nitrogens with two attached hydrogens (primary N) is 2. The maximum Gasteiger partial charge on any atom is 0.323 e. The molecule has 0 bridgehead atoms. The van der Waals surface area contributed by atoms with Gasteiger partial charge in [-0.15, -0.1) is 11.3 Å². The first-order chi connectivity index (χ1) is 17.1. The highest BCUT2D eigenvalue weighted by molar-refractivity contribution is 7.20. The highest BCUT2D eigenvalue weighted by Crippen LogP contribution is 2.36. The highest BCUT2D eigenvalue weighted by Gasteiger charge is 2.25. The average Bonchev–Trinajstić information content (AvgIpc) is 3.46. The molecular weight excluding hydrogens is 476 g/mol. The molecule has 3 amide bonds. The predicted octanol–water partition coefficient (Wildman–Crippen LogP) is 4.82. The summed E-state index contributed by atoms with van der Waals surface area (Å²) in [5.74, 6) is -0.405. The number of anilines is 1. The number of urea groups is 1. The van der Waals surface area contributed by atoms with Gasteiger partial charge in [0.15, 0.2) is 0 Å². The zero-order chi connectivity index (χ0) is 26.2. The minimum atomic E-state index is -0.751. The van der Waals surface area contributed by atoms with Gasteiger partial charge in [-0.05, 0) is 67.7 Å². The van der Waals surface area contributed by atoms with Crippen LogP contribution in [0, 0.1) is 12.8 Å². The number of aryl methyl sites for hydroxylation is 1. The molecule has 1 aromatic heterocycles. The molecule has 0 unspecified atom stereocenters. The van der Waals surface area contributed by atoms with E-state index in [1.165, 1.54) is 11.3 Å². The van der Waals surface area contributed by atoms with Gasteiger partial charge in [-0.1, -0.05) is 44.2 Å². The molecule has 1 aromatic carbocycles. The second-order valence-corrected chi connectivity index (χ2v) is 10.7. The Balaban J connectivity index is 1.64. The molecule has 6 N–H and O–H groups in total. The Morgan fingerprint density at radius 1 is 1.17 bits per heavy atom. The van der Waals surface area contributed by atoms with Crippen molar-refractivity contribution in [3.63, 3.8) is 0 Å². The van der Waals surface area contributed by atoms with Gasteiger partial charge in [-0.25, -0.2) is 4.79 Å². The van der Waals surface area contributed by atoms with Crippen LogP contribution >= 0.6 is 11.3 Å². The minimum absolute atomic E-state index is 0.0655. The van der Waals surface area contributed by atoms with Gasteiger partial charge >= 0.3 is 12.0 Å². The summed E-state index contributed by atoms with van der Waals surface area (Å²) in [6.45, 7) is 6.76. The van der Waals surface area contributed by atoms with Gasteiger partial charge in [0.1, 0.15) is 17.1 Å². The fourth-order valence-corrected chi connectivity index (χ4v) is 5.38. The molecule has 3 rings (SSSR count). The van der Waals surface area contributed by atoms with Crippen LogP contribution in [0.15, 0.2) is 30.3 Å². The molecule has 1 aliphatic rings. The van der Waals surface area contributed by atoms with E-state index in [0.717, 1.165) is 53.7 Å². The number of amides is 3. The van der Waals surface area contributed by atoms with E-state index in [2.05, 4.69) is 24.5 Å². The summed E-state index contributed by atoms with van der Waals surface area (Å²) in [6, 6.07) is 6.54. The summed E-state index contributed by atoms with van der Waals surface area (Å²) in [7, 11) is 0. The van der Waals surface area contributed by atoms with Crippen molar-refractivity contribution >= 4 is 40.3 Å². The maximum absolute atomic E-state index is 12.7. The van der Waals surface area contributed by atoms with E-state index < -0.39 is 11.9 Å². The molecule has 194 valence electrons. The first-order valence-electron chi connectivity index (χ1n) is 12.4. The molecule has 1 aliphatic carbocycles. The Bertz CT molecular complexity index is 1120. The molecule has 1 fully saturated rings. The van der Waals surface area contributed by atoms with Crippen LogP contribution in [0.2, 0.25) is 0 Å². The summed E-state index contributed by atoms with van der Waals surface area (Å²) < 4.78 is 5.73. The van der Waals surface area contributed by atoms with Crippen LogP contribution in [-0.2, 0) is 9.53 Å². The zero-order valence-electron chi connectivity index (χ0n) is 21.1. The van der Waals surface area contributed by atoms with Gasteiger partial charge in [-0.3, -0.25) is 14.9 Å². The fourth-order valence-electron chi connectivity index (χ4n) is 4.32. The molecule has 2 aromatic rings. The van der Waals surface area contributed by atoms with E-state index in [4.69, 9.17) is 16.2 Å². The van der Waals surface area contributed by atoms with E-state index >= 15 is 0 Å². The van der Waals surface area contributed by atoms with Crippen LogP contribution in [0.5, 0.6) is 0 Å². The number of thiophene rings is 1. The van der Waals surface area contributed by atoms with Crippen molar-refractivity contribution in [3.05, 3.63) is 47.0 Å². The standard InChI is InChI=1S/C27H36N4O4S/c1-16(2)13-22(26(33)35-20-8-4-5-9-20)30-12-6-7-18-10-11-19(14-17(18)3)23-15-21(24(28)32)25(36-23)31-27(29)34/h6-7,10-11,14-16,20,22,30H,4-5,8-9,12-13H2,1-3H3,(H2,28,32)(H3,29,31,34)/t22-/m0/s1. The number of rotatable bonds is 11. The lowest BCUT2D eigenvalue weighted by Gasteiger charge is -2.21. The Hall–Kier alpha value is -3.17. The van der Waals surface area contributed by atoms with E-state index in [-0.39, 0.29) is 23.7 Å². The van der Waals surface area contributed by atoms with Crippen molar-refractivity contribution in [3.8, 4) is 10.4 Å². The maximum atomic E-state index is 12.7. The lowest BCUT2D eigenvalue weighted by Crippen LogP contribution is -2.40. The van der Waals surface area contributed by atoms with E-state index in [9.17, 15) is 14.4 Å². The molecular formula is C27H36N4O4S. The lowest BCUT2D eigenvalue weighted by molar-refractivity contribution is -0.151. The quantitative estimate of drug-likeness (QED) is 0.320. The molecule has 0 spiro atoms. The summed E-state index contributed by atoms with van der Waals surface area (Å²) in [6.07, 6.45) is 9.01. The van der Waals surface area contributed by atoms with Gasteiger partial charge < -0.3 is 21.5 Å². The third-order valence-corrected chi connectivity index (χ3v) is 7.24. The van der Waals surface area contributed by atoms with Crippen LogP contribution in [0.4, 0.5) is 9.80 Å². The third-order valence-electron chi connectivity index (χ3n) is 6.14. The summed E-state index contributed by atoms with van der Waals surface area (Å²) in [5, 5.41) is 6.13. The summed E-state index contributed by atoms with van der Waals surface area (Å²) >= 11 is 1.24. The van der Waals surface area contributed by atoms with E-state index in [1.54, 1.807) is 6.07 Å². The van der Waals surface area contributed by atoms with Gasteiger partial charge in [-0.2, -0.15) is 0 Å². The number of carbonyl (C=O) groups excluding carboxylic acids is 3. The number of carbonyl (C=O) groups is 3. The number of ether oxygens (including phenoxy) is 1. The van der Waals surface area contributed by atoms with E-state index in [0.29, 0.717) is 17.5 Å². The smallest absolute Gasteiger partial charge is 0.323 e. The van der Waals surface area contributed by atoms with Gasteiger partial charge in [0.05, 0.1) is 5.56 Å². The highest BCUT2D eigenvalue weighted by atomic mass is 32.1. The number of esters is 1. The molecule has 0 saturated heterocycles. The van der Waals surface area contributed by atoms with Crippen LogP contribution in [0.3, 0.4) is 0 Å². The topological polar surface area (TPSA) is 137 Å². The average molecular weight is 513 g/mol. The zero-order valence-corrected chi connectivity index (χ0v) is 22.0. The SMILES string of the molecule is Cc1cc(-c2cc(C(N)=O)c(NC(N)=O)s2)ccc1C=CCN[C@@H](CC(C)C)C(=O)OC1CCCC1. The van der Waals surface area contributed by atoms with Crippen molar-refractivity contribution in [2.45, 2.75) is 65.0 Å². The van der Waals surface area contributed by atoms with Gasteiger partial charge in [0.2, 0.25) is 0 Å². The Morgan fingerprint density at radius 2 is 1.89 bits per heavy atom. The number of nitrogens with one attached hydrogen (secondary N) is 2. The van der Waals surface area contributed by atoms with Gasteiger partial charge in [0.25, 0.3) is 5.91 Å². The monoisotopic (exact) mass is 512 g/mol. The Morgan fingerprint density at radius 3 is 2.50 bits per heavy atom. The summed E-state index contributed by atoms with van der Waals surface area (Å²) in [4.78, 5) is 36.5. The van der Waals surface area contributed by atoms with Crippen molar-refractivity contribution in [2.75, 3.05) is 11.9 Å². The van der Waals surface area contributed by atoms with Crippen molar-refractivity contribution in [1.82, 2.24) is 5.32 Å². The molecule has 1 atom stereocenters.